The molecule has 1 rings (SSSR count). The Balaban J connectivity index is 2.19. The fourth-order valence-electron chi connectivity index (χ4n) is 1.55. The number of hydrogen-bond donors (Lipinski definition) is 2. The van der Waals surface area contributed by atoms with Gasteiger partial charge in [-0.2, -0.15) is 5.10 Å². The Morgan fingerprint density at radius 3 is 2.81 bits per heavy atom. The van der Waals surface area contributed by atoms with E-state index in [0.29, 0.717) is 5.56 Å². The standard InChI is InChI=1S/C12H21N3O/c1-9(2)6-4-5-7-13-12(16)11-8-14-15-10(11)3/h8-9H,4-7H2,1-3H3,(H,13,16)(H,14,15). The van der Waals surface area contributed by atoms with Gasteiger partial charge in [-0.05, 0) is 19.3 Å². The van der Waals surface area contributed by atoms with E-state index in [1.807, 2.05) is 6.92 Å². The number of amides is 1. The van der Waals surface area contributed by atoms with Crippen molar-refractivity contribution in [3.63, 3.8) is 0 Å². The van der Waals surface area contributed by atoms with Crippen LogP contribution in [-0.2, 0) is 0 Å². The maximum Gasteiger partial charge on any atom is 0.254 e. The van der Waals surface area contributed by atoms with Crippen molar-refractivity contribution >= 4 is 5.91 Å². The molecule has 16 heavy (non-hydrogen) atoms. The van der Waals surface area contributed by atoms with Crippen LogP contribution in [0.5, 0.6) is 0 Å². The van der Waals surface area contributed by atoms with Gasteiger partial charge >= 0.3 is 0 Å². The van der Waals surface area contributed by atoms with Gasteiger partial charge < -0.3 is 5.32 Å². The Hall–Kier alpha value is -1.32. The molecular weight excluding hydrogens is 202 g/mol. The van der Waals surface area contributed by atoms with E-state index < -0.39 is 0 Å². The first-order valence-electron chi connectivity index (χ1n) is 5.89. The summed E-state index contributed by atoms with van der Waals surface area (Å²) >= 11 is 0. The fourth-order valence-corrected chi connectivity index (χ4v) is 1.55. The lowest BCUT2D eigenvalue weighted by molar-refractivity contribution is 0.0952. The van der Waals surface area contributed by atoms with E-state index in [2.05, 4.69) is 29.4 Å². The largest absolute Gasteiger partial charge is 0.352 e. The van der Waals surface area contributed by atoms with E-state index in [1.54, 1.807) is 6.20 Å². The summed E-state index contributed by atoms with van der Waals surface area (Å²) in [6.07, 6.45) is 5.00. The molecular formula is C12H21N3O. The summed E-state index contributed by atoms with van der Waals surface area (Å²) in [7, 11) is 0. The molecule has 4 nitrogen and oxygen atoms in total. The van der Waals surface area contributed by atoms with E-state index in [4.69, 9.17) is 0 Å². The first-order valence-corrected chi connectivity index (χ1v) is 5.89. The van der Waals surface area contributed by atoms with Crippen LogP contribution in [0.1, 0.15) is 49.2 Å². The molecule has 1 aromatic heterocycles. The lowest BCUT2D eigenvalue weighted by Gasteiger charge is -2.05. The van der Waals surface area contributed by atoms with E-state index in [-0.39, 0.29) is 5.91 Å². The van der Waals surface area contributed by atoms with Crippen LogP contribution in [0, 0.1) is 12.8 Å². The summed E-state index contributed by atoms with van der Waals surface area (Å²) in [5.74, 6) is 0.711. The van der Waals surface area contributed by atoms with Gasteiger partial charge in [0.1, 0.15) is 0 Å². The number of aryl methyl sites for hydroxylation is 1. The minimum absolute atomic E-state index is 0.0317. The molecule has 0 saturated heterocycles. The van der Waals surface area contributed by atoms with Crippen molar-refractivity contribution in [3.05, 3.63) is 17.5 Å². The summed E-state index contributed by atoms with van der Waals surface area (Å²) in [4.78, 5) is 11.7. The minimum Gasteiger partial charge on any atom is -0.352 e. The van der Waals surface area contributed by atoms with E-state index in [1.165, 1.54) is 12.8 Å². The van der Waals surface area contributed by atoms with Gasteiger partial charge in [0.15, 0.2) is 0 Å². The molecule has 1 amide bonds. The number of rotatable bonds is 6. The number of hydrogen-bond acceptors (Lipinski definition) is 2. The van der Waals surface area contributed by atoms with E-state index in [9.17, 15) is 4.79 Å². The Kier molecular flexibility index (Phi) is 5.02. The highest BCUT2D eigenvalue weighted by Gasteiger charge is 2.09. The van der Waals surface area contributed by atoms with Crippen molar-refractivity contribution in [2.24, 2.45) is 5.92 Å². The molecule has 0 radical (unpaired) electrons. The average Bonchev–Trinajstić information content (AvgIpc) is 2.63. The number of carbonyl (C=O) groups excluding carboxylic acids is 1. The lowest BCUT2D eigenvalue weighted by atomic mass is 10.1. The molecule has 0 aliphatic heterocycles. The molecule has 1 heterocycles. The molecule has 0 saturated carbocycles. The number of nitrogens with zero attached hydrogens (tertiary/aromatic N) is 1. The number of aromatic amines is 1. The summed E-state index contributed by atoms with van der Waals surface area (Å²) in [5, 5.41) is 9.48. The molecule has 2 N–H and O–H groups in total. The first kappa shape index (κ1) is 12.7. The van der Waals surface area contributed by atoms with Crippen LogP contribution in [0.15, 0.2) is 6.20 Å². The van der Waals surface area contributed by atoms with Crippen LogP contribution >= 0.6 is 0 Å². The van der Waals surface area contributed by atoms with Gasteiger partial charge in [-0.25, -0.2) is 0 Å². The van der Waals surface area contributed by atoms with E-state index in [0.717, 1.165) is 24.6 Å². The van der Waals surface area contributed by atoms with Gasteiger partial charge in [0.05, 0.1) is 11.8 Å². The SMILES string of the molecule is Cc1[nH]ncc1C(=O)NCCCCC(C)C. The summed E-state index contributed by atoms with van der Waals surface area (Å²) in [5.41, 5.74) is 1.46. The van der Waals surface area contributed by atoms with Gasteiger partial charge in [0.2, 0.25) is 0 Å². The van der Waals surface area contributed by atoms with Crippen molar-refractivity contribution in [3.8, 4) is 0 Å². The zero-order chi connectivity index (χ0) is 12.0. The van der Waals surface area contributed by atoms with Crippen LogP contribution in [0.3, 0.4) is 0 Å². The minimum atomic E-state index is -0.0317. The Labute approximate surface area is 96.8 Å². The predicted octanol–water partition coefficient (Wildman–Crippen LogP) is 2.27. The van der Waals surface area contributed by atoms with Crippen LogP contribution in [0.2, 0.25) is 0 Å². The monoisotopic (exact) mass is 223 g/mol. The zero-order valence-corrected chi connectivity index (χ0v) is 10.3. The second-order valence-electron chi connectivity index (χ2n) is 4.55. The van der Waals surface area contributed by atoms with Crippen LogP contribution in [0.25, 0.3) is 0 Å². The van der Waals surface area contributed by atoms with Crippen molar-refractivity contribution in [2.75, 3.05) is 6.54 Å². The third-order valence-electron chi connectivity index (χ3n) is 2.57. The highest BCUT2D eigenvalue weighted by atomic mass is 16.1. The third-order valence-corrected chi connectivity index (χ3v) is 2.57. The molecule has 0 bridgehead atoms. The van der Waals surface area contributed by atoms with Crippen molar-refractivity contribution < 1.29 is 4.79 Å². The van der Waals surface area contributed by atoms with Crippen LogP contribution in [0.4, 0.5) is 0 Å². The number of unbranched alkanes of at least 4 members (excludes halogenated alkanes) is 1. The first-order chi connectivity index (χ1) is 7.61. The predicted molar refractivity (Wildman–Crippen MR) is 64.3 cm³/mol. The number of H-pyrrole nitrogens is 1. The van der Waals surface area contributed by atoms with Gasteiger partial charge in [0, 0.05) is 12.2 Å². The molecule has 0 aliphatic rings. The molecule has 0 aromatic carbocycles. The molecule has 4 heteroatoms. The Morgan fingerprint density at radius 2 is 2.25 bits per heavy atom. The summed E-state index contributed by atoms with van der Waals surface area (Å²) in [6, 6.07) is 0. The fraction of sp³-hybridized carbons (Fsp3) is 0.667. The Bertz CT molecular complexity index is 331. The third kappa shape index (κ3) is 4.04. The zero-order valence-electron chi connectivity index (χ0n) is 10.3. The van der Waals surface area contributed by atoms with Gasteiger partial charge in [-0.1, -0.05) is 26.7 Å². The van der Waals surface area contributed by atoms with E-state index >= 15 is 0 Å². The Morgan fingerprint density at radius 1 is 1.50 bits per heavy atom. The molecule has 0 fully saturated rings. The molecule has 1 aromatic rings. The number of carbonyl (C=O) groups is 1. The number of nitrogens with one attached hydrogen (secondary N) is 2. The molecule has 90 valence electrons. The number of aromatic nitrogens is 2. The normalized spacial score (nSPS) is 10.8. The van der Waals surface area contributed by atoms with Crippen molar-refractivity contribution in [1.82, 2.24) is 15.5 Å². The average molecular weight is 223 g/mol. The smallest absolute Gasteiger partial charge is 0.254 e. The maximum atomic E-state index is 11.7. The summed E-state index contributed by atoms with van der Waals surface area (Å²) in [6.45, 7) is 7.03. The quantitative estimate of drug-likeness (QED) is 0.727. The molecule has 0 aliphatic carbocycles. The second kappa shape index (κ2) is 6.30. The van der Waals surface area contributed by atoms with Gasteiger partial charge in [-0.15, -0.1) is 0 Å². The van der Waals surface area contributed by atoms with Gasteiger partial charge in [-0.3, -0.25) is 9.89 Å². The van der Waals surface area contributed by atoms with Crippen LogP contribution < -0.4 is 5.32 Å². The second-order valence-corrected chi connectivity index (χ2v) is 4.55. The lowest BCUT2D eigenvalue weighted by Crippen LogP contribution is -2.24. The van der Waals surface area contributed by atoms with Gasteiger partial charge in [0.25, 0.3) is 5.91 Å². The van der Waals surface area contributed by atoms with Crippen molar-refractivity contribution in [1.29, 1.82) is 0 Å². The molecule has 0 spiro atoms. The van der Waals surface area contributed by atoms with Crippen LogP contribution in [-0.4, -0.2) is 22.6 Å². The summed E-state index contributed by atoms with van der Waals surface area (Å²) < 4.78 is 0. The highest BCUT2D eigenvalue weighted by molar-refractivity contribution is 5.94. The topological polar surface area (TPSA) is 57.8 Å². The maximum absolute atomic E-state index is 11.7. The molecule has 0 atom stereocenters. The highest BCUT2D eigenvalue weighted by Crippen LogP contribution is 2.06. The van der Waals surface area contributed by atoms with Crippen molar-refractivity contribution in [2.45, 2.75) is 40.0 Å². The molecule has 0 unspecified atom stereocenters.